The lowest BCUT2D eigenvalue weighted by molar-refractivity contribution is 0.345. The van der Waals surface area contributed by atoms with Gasteiger partial charge in [-0.05, 0) is 36.1 Å². The third-order valence-electron chi connectivity index (χ3n) is 4.19. The molecule has 21 heavy (non-hydrogen) atoms. The Kier molecular flexibility index (Phi) is 3.84. The average molecular weight is 283 g/mol. The molecule has 1 unspecified atom stereocenters. The van der Waals surface area contributed by atoms with E-state index in [0.717, 1.165) is 24.5 Å². The smallest absolute Gasteiger partial charge is 0.166 e. The zero-order valence-electron chi connectivity index (χ0n) is 12.8. The summed E-state index contributed by atoms with van der Waals surface area (Å²) in [4.78, 5) is 0. The van der Waals surface area contributed by atoms with Crippen LogP contribution in [0.15, 0.2) is 36.4 Å². The Morgan fingerprint density at radius 1 is 1.10 bits per heavy atom. The lowest BCUT2D eigenvalue weighted by Crippen LogP contribution is -2.31. The number of benzene rings is 2. The van der Waals surface area contributed by atoms with E-state index in [4.69, 9.17) is 9.47 Å². The molecular formula is C18H21NO2. The summed E-state index contributed by atoms with van der Waals surface area (Å²) >= 11 is 0. The van der Waals surface area contributed by atoms with Crippen molar-refractivity contribution in [1.82, 2.24) is 5.32 Å². The first-order valence-electron chi connectivity index (χ1n) is 7.29. The molecule has 0 bridgehead atoms. The fraction of sp³-hybridized carbons (Fsp3) is 0.333. The van der Waals surface area contributed by atoms with Crippen LogP contribution < -0.4 is 14.8 Å². The third kappa shape index (κ3) is 2.38. The van der Waals surface area contributed by atoms with E-state index in [0.29, 0.717) is 0 Å². The predicted molar refractivity (Wildman–Crippen MR) is 84.3 cm³/mol. The zero-order valence-corrected chi connectivity index (χ0v) is 12.8. The first-order chi connectivity index (χ1) is 10.3. The van der Waals surface area contributed by atoms with Crippen LogP contribution >= 0.6 is 0 Å². The van der Waals surface area contributed by atoms with E-state index < -0.39 is 0 Å². The van der Waals surface area contributed by atoms with Crippen LogP contribution in [0.5, 0.6) is 11.5 Å². The van der Waals surface area contributed by atoms with Gasteiger partial charge in [0.1, 0.15) is 0 Å². The highest BCUT2D eigenvalue weighted by molar-refractivity contribution is 5.58. The number of hydrogen-bond acceptors (Lipinski definition) is 3. The fourth-order valence-corrected chi connectivity index (χ4v) is 3.20. The van der Waals surface area contributed by atoms with Crippen LogP contribution in [-0.2, 0) is 6.42 Å². The third-order valence-corrected chi connectivity index (χ3v) is 4.19. The van der Waals surface area contributed by atoms with Gasteiger partial charge in [0.15, 0.2) is 11.5 Å². The van der Waals surface area contributed by atoms with Gasteiger partial charge in [0.25, 0.3) is 0 Å². The molecule has 0 aliphatic carbocycles. The van der Waals surface area contributed by atoms with Crippen LogP contribution in [0.3, 0.4) is 0 Å². The van der Waals surface area contributed by atoms with Gasteiger partial charge >= 0.3 is 0 Å². The standard InChI is InChI=1S/C18H21NO2/c1-12-11-15(20-2)18(21-3)16-14(12)9-10-19-17(16)13-7-5-4-6-8-13/h4-8,11,17,19H,9-10H2,1-3H3. The van der Waals surface area contributed by atoms with Gasteiger partial charge in [0, 0.05) is 12.1 Å². The minimum absolute atomic E-state index is 0.152. The maximum absolute atomic E-state index is 5.68. The minimum atomic E-state index is 0.152. The van der Waals surface area contributed by atoms with Crippen molar-refractivity contribution in [2.24, 2.45) is 0 Å². The summed E-state index contributed by atoms with van der Waals surface area (Å²) in [5.41, 5.74) is 5.11. The molecule has 1 heterocycles. The van der Waals surface area contributed by atoms with E-state index in [1.54, 1.807) is 14.2 Å². The maximum atomic E-state index is 5.68. The second kappa shape index (κ2) is 5.78. The lowest BCUT2D eigenvalue weighted by atomic mass is 9.86. The number of ether oxygens (including phenoxy) is 2. The largest absolute Gasteiger partial charge is 0.493 e. The van der Waals surface area contributed by atoms with Crippen molar-refractivity contribution in [3.05, 3.63) is 58.7 Å². The average Bonchev–Trinajstić information content (AvgIpc) is 2.55. The topological polar surface area (TPSA) is 30.5 Å². The van der Waals surface area contributed by atoms with Crippen molar-refractivity contribution in [1.29, 1.82) is 0 Å². The van der Waals surface area contributed by atoms with Gasteiger partial charge < -0.3 is 14.8 Å². The zero-order chi connectivity index (χ0) is 14.8. The highest BCUT2D eigenvalue weighted by Crippen LogP contribution is 2.43. The number of nitrogens with one attached hydrogen (secondary N) is 1. The van der Waals surface area contributed by atoms with Gasteiger partial charge in [-0.25, -0.2) is 0 Å². The first-order valence-corrected chi connectivity index (χ1v) is 7.29. The van der Waals surface area contributed by atoms with Crippen molar-refractivity contribution in [3.8, 4) is 11.5 Å². The van der Waals surface area contributed by atoms with E-state index >= 15 is 0 Å². The molecule has 1 atom stereocenters. The molecule has 2 aromatic carbocycles. The molecule has 0 radical (unpaired) electrons. The van der Waals surface area contributed by atoms with Gasteiger partial charge in [-0.3, -0.25) is 0 Å². The minimum Gasteiger partial charge on any atom is -0.493 e. The monoisotopic (exact) mass is 283 g/mol. The molecule has 0 aromatic heterocycles. The molecule has 2 aromatic rings. The van der Waals surface area contributed by atoms with Crippen molar-refractivity contribution in [2.75, 3.05) is 20.8 Å². The number of hydrogen-bond donors (Lipinski definition) is 1. The quantitative estimate of drug-likeness (QED) is 0.938. The predicted octanol–water partition coefficient (Wildman–Crippen LogP) is 3.25. The maximum Gasteiger partial charge on any atom is 0.166 e. The Labute approximate surface area is 125 Å². The van der Waals surface area contributed by atoms with Crippen molar-refractivity contribution < 1.29 is 9.47 Å². The SMILES string of the molecule is COc1cc(C)c2c(c1OC)C(c1ccccc1)NCC2. The van der Waals surface area contributed by atoms with E-state index in [-0.39, 0.29) is 6.04 Å². The van der Waals surface area contributed by atoms with E-state index in [9.17, 15) is 0 Å². The highest BCUT2D eigenvalue weighted by Gasteiger charge is 2.28. The van der Waals surface area contributed by atoms with Gasteiger partial charge in [-0.15, -0.1) is 0 Å². The second-order valence-electron chi connectivity index (χ2n) is 5.37. The molecule has 3 nitrogen and oxygen atoms in total. The molecule has 0 spiro atoms. The van der Waals surface area contributed by atoms with Gasteiger partial charge in [-0.1, -0.05) is 30.3 Å². The Morgan fingerprint density at radius 2 is 1.86 bits per heavy atom. The van der Waals surface area contributed by atoms with Crippen molar-refractivity contribution in [3.63, 3.8) is 0 Å². The van der Waals surface area contributed by atoms with Gasteiger partial charge in [0.05, 0.1) is 20.3 Å². The molecular weight excluding hydrogens is 262 g/mol. The second-order valence-corrected chi connectivity index (χ2v) is 5.37. The molecule has 110 valence electrons. The fourth-order valence-electron chi connectivity index (χ4n) is 3.20. The summed E-state index contributed by atoms with van der Waals surface area (Å²) in [7, 11) is 3.40. The van der Waals surface area contributed by atoms with Crippen LogP contribution in [0.25, 0.3) is 0 Å². The van der Waals surface area contributed by atoms with Gasteiger partial charge in [-0.2, -0.15) is 0 Å². The van der Waals surface area contributed by atoms with Crippen molar-refractivity contribution in [2.45, 2.75) is 19.4 Å². The van der Waals surface area contributed by atoms with Gasteiger partial charge in [0.2, 0.25) is 0 Å². The van der Waals surface area contributed by atoms with Crippen LogP contribution in [0.4, 0.5) is 0 Å². The molecule has 0 saturated carbocycles. The van der Waals surface area contributed by atoms with Crippen LogP contribution in [0.2, 0.25) is 0 Å². The molecule has 0 saturated heterocycles. The molecule has 1 aliphatic rings. The summed E-state index contributed by atoms with van der Waals surface area (Å²) in [6.07, 6.45) is 1.02. The Morgan fingerprint density at radius 3 is 2.52 bits per heavy atom. The molecule has 3 rings (SSSR count). The molecule has 1 N–H and O–H groups in total. The molecule has 0 amide bonds. The molecule has 0 fully saturated rings. The lowest BCUT2D eigenvalue weighted by Gasteiger charge is -2.31. The summed E-state index contributed by atoms with van der Waals surface area (Å²) < 4.78 is 11.2. The Bertz CT molecular complexity index is 637. The highest BCUT2D eigenvalue weighted by atomic mass is 16.5. The normalized spacial score (nSPS) is 17.2. The Balaban J connectivity index is 2.21. The summed E-state index contributed by atoms with van der Waals surface area (Å²) in [6.45, 7) is 3.12. The van der Waals surface area contributed by atoms with Crippen LogP contribution in [0, 0.1) is 6.92 Å². The van der Waals surface area contributed by atoms with Crippen LogP contribution in [0.1, 0.15) is 28.3 Å². The van der Waals surface area contributed by atoms with E-state index in [1.807, 2.05) is 6.07 Å². The van der Waals surface area contributed by atoms with Crippen molar-refractivity contribution >= 4 is 0 Å². The number of methoxy groups -OCH3 is 2. The number of fused-ring (bicyclic) bond motifs is 1. The summed E-state index contributed by atoms with van der Waals surface area (Å²) in [5.74, 6) is 1.65. The summed E-state index contributed by atoms with van der Waals surface area (Å²) in [6, 6.07) is 12.7. The van der Waals surface area contributed by atoms with Crippen LogP contribution in [-0.4, -0.2) is 20.8 Å². The molecule has 3 heteroatoms. The van der Waals surface area contributed by atoms with E-state index in [1.165, 1.54) is 22.3 Å². The Hall–Kier alpha value is -2.00. The summed E-state index contributed by atoms with van der Waals surface area (Å²) in [5, 5.41) is 3.61. The molecule has 1 aliphatic heterocycles. The number of rotatable bonds is 3. The first kappa shape index (κ1) is 14.0. The van der Waals surface area contributed by atoms with E-state index in [2.05, 4.69) is 42.6 Å². The number of aryl methyl sites for hydroxylation is 1.